The van der Waals surface area contributed by atoms with E-state index in [1.807, 2.05) is 41.5 Å². The Balaban J connectivity index is 2.26. The van der Waals surface area contributed by atoms with E-state index in [1.165, 1.54) is 82.7 Å². The van der Waals surface area contributed by atoms with E-state index < -0.39 is 161 Å². The number of carbonyl (C=O) groups is 12. The lowest BCUT2D eigenvalue weighted by atomic mass is 9.91. The van der Waals surface area contributed by atoms with Crippen LogP contribution in [0.5, 0.6) is 0 Å². The molecule has 3 aliphatic heterocycles. The lowest BCUT2D eigenvalue weighted by molar-refractivity contribution is -0.157. The molecule has 12 amide bonds. The molecule has 100 heavy (non-hydrogen) atoms. The highest BCUT2D eigenvalue weighted by Crippen LogP contribution is 2.26. The molecule has 0 unspecified atom stereocenters. The summed E-state index contributed by atoms with van der Waals surface area (Å²) in [4.78, 5) is 188. The topological polar surface area (TPSA) is 330 Å². The van der Waals surface area contributed by atoms with Crippen LogP contribution in [0, 0.1) is 41.4 Å². The molecule has 0 aromatic rings. The van der Waals surface area contributed by atoms with Gasteiger partial charge in [0.1, 0.15) is 73.1 Å². The van der Waals surface area contributed by atoms with Crippen molar-refractivity contribution in [2.45, 2.75) is 241 Å². The second kappa shape index (κ2) is 40.8. The zero-order valence-corrected chi connectivity index (χ0v) is 64.5. The molecular weight excluding hydrogens is 1290 g/mol. The van der Waals surface area contributed by atoms with Gasteiger partial charge in [0.05, 0.1) is 12.7 Å². The van der Waals surface area contributed by atoms with E-state index in [-0.39, 0.29) is 69.0 Å². The third-order valence-corrected chi connectivity index (χ3v) is 19.9. The predicted molar refractivity (Wildman–Crippen MR) is 381 cm³/mol. The molecule has 6 N–H and O–H groups in total. The summed E-state index contributed by atoms with van der Waals surface area (Å²) in [6.45, 7) is 32.1. The van der Waals surface area contributed by atoms with Gasteiger partial charge in [-0.15, -0.1) is 0 Å². The third kappa shape index (κ3) is 24.2. The van der Waals surface area contributed by atoms with E-state index in [0.717, 1.165) is 22.6 Å². The van der Waals surface area contributed by atoms with Crippen molar-refractivity contribution >= 4 is 70.9 Å². The minimum atomic E-state index is -1.66. The molecular formula is C72H127N13O15. The summed E-state index contributed by atoms with van der Waals surface area (Å²) in [5.74, 6) is -11.7. The van der Waals surface area contributed by atoms with Crippen LogP contribution in [-0.2, 0) is 67.0 Å². The summed E-state index contributed by atoms with van der Waals surface area (Å²) >= 11 is 0. The zero-order chi connectivity index (χ0) is 76.1. The van der Waals surface area contributed by atoms with Crippen molar-refractivity contribution in [1.29, 1.82) is 0 Å². The second-order valence-corrected chi connectivity index (χ2v) is 30.1. The summed E-state index contributed by atoms with van der Waals surface area (Å²) in [7, 11) is 8.40. The molecule has 0 aromatic heterocycles. The van der Waals surface area contributed by atoms with E-state index in [0.29, 0.717) is 45.4 Å². The SMILES string of the molecule is C/C=C/C[C@@H](C)[C@@H](O)[C@H]1C(=O)N[C@@H](CC)C(=O)N(C)[C@H](C)C(=O)N[C@@H]([C@H](C)COCC(=O)N2CCN(C3CCOCC3)CC2)C(=O)N[C@@H](C(C)C)C(=O)N(C)[C@@H](CC(C)C)C(=O)N[C@@H](C)C(=O)N[C@H](C)C(=O)N(C)[C@@H](CC(C)C)C(=O)N(C)[C@@H](CC(C)C)C(=O)N(C)[C@@H](C(C)C)C(=O)N1C. The number of carbonyl (C=O) groups excluding carboxylic acids is 12. The molecule has 3 aliphatic rings. The highest BCUT2D eigenvalue weighted by atomic mass is 16.5. The fourth-order valence-corrected chi connectivity index (χ4v) is 13.2. The molecule has 3 heterocycles. The van der Waals surface area contributed by atoms with Crippen LogP contribution in [0.15, 0.2) is 12.2 Å². The van der Waals surface area contributed by atoms with Crippen LogP contribution in [0.4, 0.5) is 0 Å². The maximum atomic E-state index is 15.3. The van der Waals surface area contributed by atoms with E-state index in [1.54, 1.807) is 72.4 Å². The Morgan fingerprint density at radius 1 is 0.530 bits per heavy atom. The molecule has 0 saturated carbocycles. The first-order chi connectivity index (χ1) is 46.7. The van der Waals surface area contributed by atoms with Crippen LogP contribution in [0.25, 0.3) is 0 Å². The molecule has 0 radical (unpaired) electrons. The molecule has 3 rings (SSSR count). The molecule has 3 fully saturated rings. The number of rotatable bonds is 19. The number of aliphatic hydroxyl groups excluding tert-OH is 1. The number of ether oxygens (including phenoxy) is 2. The van der Waals surface area contributed by atoms with Gasteiger partial charge in [-0.2, -0.15) is 0 Å². The van der Waals surface area contributed by atoms with E-state index in [9.17, 15) is 38.7 Å². The summed E-state index contributed by atoms with van der Waals surface area (Å²) in [5, 5.41) is 26.0. The maximum absolute atomic E-state index is 15.3. The Kier molecular flexibility index (Phi) is 35.6. The average molecular weight is 1410 g/mol. The first-order valence-corrected chi connectivity index (χ1v) is 36.2. The van der Waals surface area contributed by atoms with Crippen molar-refractivity contribution in [2.24, 2.45) is 41.4 Å². The van der Waals surface area contributed by atoms with Crippen LogP contribution in [0.3, 0.4) is 0 Å². The molecule has 28 heteroatoms. The smallest absolute Gasteiger partial charge is 0.248 e. The molecule has 3 saturated heterocycles. The van der Waals surface area contributed by atoms with Gasteiger partial charge in [0.2, 0.25) is 70.9 Å². The van der Waals surface area contributed by atoms with Crippen LogP contribution >= 0.6 is 0 Å². The fraction of sp³-hybridized carbons (Fsp3) is 0.806. The van der Waals surface area contributed by atoms with Gasteiger partial charge in [-0.1, -0.05) is 102 Å². The van der Waals surface area contributed by atoms with Crippen molar-refractivity contribution < 1.29 is 72.1 Å². The van der Waals surface area contributed by atoms with Gasteiger partial charge in [-0.25, -0.2) is 0 Å². The Hall–Kier alpha value is -6.78. The Morgan fingerprint density at radius 3 is 1.53 bits per heavy atom. The average Bonchev–Trinajstić information content (AvgIpc) is 0.801. The lowest BCUT2D eigenvalue weighted by Gasteiger charge is -2.41. The number of aliphatic hydroxyl groups is 1. The van der Waals surface area contributed by atoms with Gasteiger partial charge < -0.3 is 75.5 Å². The lowest BCUT2D eigenvalue weighted by Crippen LogP contribution is -2.64. The maximum Gasteiger partial charge on any atom is 0.248 e. The number of nitrogens with zero attached hydrogens (tertiary/aromatic N) is 8. The first kappa shape index (κ1) is 87.4. The van der Waals surface area contributed by atoms with Gasteiger partial charge in [0.15, 0.2) is 0 Å². The van der Waals surface area contributed by atoms with E-state index in [2.05, 4.69) is 31.5 Å². The van der Waals surface area contributed by atoms with Gasteiger partial charge in [-0.3, -0.25) is 62.4 Å². The number of hydrogen-bond donors (Lipinski definition) is 6. The van der Waals surface area contributed by atoms with E-state index >= 15 is 24.0 Å². The predicted octanol–water partition coefficient (Wildman–Crippen LogP) is 2.25. The molecule has 570 valence electrons. The van der Waals surface area contributed by atoms with Gasteiger partial charge in [0.25, 0.3) is 0 Å². The summed E-state index contributed by atoms with van der Waals surface area (Å²) in [5.41, 5.74) is 0. The number of amides is 12. The molecule has 14 atom stereocenters. The number of nitrogens with one attached hydrogen (secondary N) is 5. The van der Waals surface area contributed by atoms with Gasteiger partial charge in [-0.05, 0) is 108 Å². The number of piperazine rings is 1. The summed E-state index contributed by atoms with van der Waals surface area (Å²) in [6, 6.07) is -14.2. The Bertz CT molecular complexity index is 2790. The quantitative estimate of drug-likeness (QED) is 0.101. The molecule has 0 spiro atoms. The van der Waals surface area contributed by atoms with Crippen molar-refractivity contribution in [3.8, 4) is 0 Å². The molecule has 0 bridgehead atoms. The fourth-order valence-electron chi connectivity index (χ4n) is 13.2. The van der Waals surface area contributed by atoms with Crippen LogP contribution in [0.1, 0.15) is 163 Å². The van der Waals surface area contributed by atoms with Crippen LogP contribution in [0.2, 0.25) is 0 Å². The highest BCUT2D eigenvalue weighted by Gasteiger charge is 2.46. The third-order valence-electron chi connectivity index (χ3n) is 19.9. The first-order valence-electron chi connectivity index (χ1n) is 36.2. The van der Waals surface area contributed by atoms with Gasteiger partial charge in [0, 0.05) is 93.6 Å². The van der Waals surface area contributed by atoms with Crippen molar-refractivity contribution in [1.82, 2.24) is 65.8 Å². The van der Waals surface area contributed by atoms with Crippen molar-refractivity contribution in [2.75, 3.05) is 94.9 Å². The largest absolute Gasteiger partial charge is 0.390 e. The minimum absolute atomic E-state index is 0.0370. The Morgan fingerprint density at radius 2 is 1.02 bits per heavy atom. The zero-order valence-electron chi connectivity index (χ0n) is 64.5. The van der Waals surface area contributed by atoms with E-state index in [4.69, 9.17) is 9.47 Å². The van der Waals surface area contributed by atoms with Gasteiger partial charge >= 0.3 is 0 Å². The molecule has 0 aromatic carbocycles. The van der Waals surface area contributed by atoms with Crippen LogP contribution in [-0.4, -0.2) is 289 Å². The van der Waals surface area contributed by atoms with Crippen molar-refractivity contribution in [3.63, 3.8) is 0 Å². The normalized spacial score (nSPS) is 27.8. The van der Waals surface area contributed by atoms with Crippen LogP contribution < -0.4 is 26.6 Å². The molecule has 28 nitrogen and oxygen atoms in total. The number of likely N-dealkylation sites (N-methyl/N-ethyl adjacent to an activating group) is 6. The Labute approximate surface area is 596 Å². The summed E-state index contributed by atoms with van der Waals surface area (Å²) in [6.07, 6.45) is 4.48. The second-order valence-electron chi connectivity index (χ2n) is 30.1. The number of hydrogen-bond acceptors (Lipinski definition) is 16. The molecule has 0 aliphatic carbocycles. The van der Waals surface area contributed by atoms with Crippen molar-refractivity contribution in [3.05, 3.63) is 12.2 Å². The minimum Gasteiger partial charge on any atom is -0.390 e. The highest BCUT2D eigenvalue weighted by molar-refractivity contribution is 6.00. The monoisotopic (exact) mass is 1410 g/mol. The standard InChI is InChI=1S/C72H127N13O15/c1-24-26-27-46(13)61(87)60-66(92)75-52(25-2)68(94)78(18)50(17)63(89)77-58(47(14)39-100-40-56(86)85-32-30-84(31-33-85)51-28-34-99-35-29-51)65(91)76-57(44(9)10)71(97)79(19)53(36-41(3)4)64(90)73-48(15)62(88)74-49(16)67(93)80(20)54(37-42(5)6)69(95)81(21)55(38-43(7)8)70(96)82(22)59(45(11)12)72(98)83(60)23/h24,26,41-55,57-61,87H,25,27-40H2,1-23H3,(H,73,90)(H,74,88)(H,75,92)(H,76,91)(H,77,89)/b26-24+/t46-,47-,48+,49-,50-,52+,53+,54+,55+,57+,58+,59+,60+,61-/m1/s1. The summed E-state index contributed by atoms with van der Waals surface area (Å²) < 4.78 is 11.6. The number of allylic oxidation sites excluding steroid dienone is 2.